The van der Waals surface area contributed by atoms with Gasteiger partial charge in [0.15, 0.2) is 11.4 Å². The summed E-state index contributed by atoms with van der Waals surface area (Å²) in [4.78, 5) is 40.7. The number of primary amides is 1. The van der Waals surface area contributed by atoms with Crippen LogP contribution in [0.15, 0.2) is 35.1 Å². The highest BCUT2D eigenvalue weighted by atomic mass is 19.1. The second-order valence-electron chi connectivity index (χ2n) is 12.2. The van der Waals surface area contributed by atoms with E-state index in [1.807, 2.05) is 6.07 Å². The Morgan fingerprint density at radius 1 is 1.15 bits per heavy atom. The molecule has 0 unspecified atom stereocenters. The first-order chi connectivity index (χ1) is 19.4. The van der Waals surface area contributed by atoms with Crippen LogP contribution >= 0.6 is 0 Å². The molecule has 2 aromatic carbocycles. The monoisotopic (exact) mass is 564 g/mol. The van der Waals surface area contributed by atoms with Crippen molar-refractivity contribution in [3.8, 4) is 5.75 Å². The zero-order chi connectivity index (χ0) is 29.5. The van der Waals surface area contributed by atoms with Crippen molar-refractivity contribution in [2.45, 2.75) is 56.6 Å². The number of hydrogen-bond acceptors (Lipinski definition) is 8. The van der Waals surface area contributed by atoms with Gasteiger partial charge >= 0.3 is 0 Å². The van der Waals surface area contributed by atoms with Gasteiger partial charge in [0.25, 0.3) is 5.91 Å². The quantitative estimate of drug-likeness (QED) is 0.346. The van der Waals surface area contributed by atoms with Crippen molar-refractivity contribution in [2.24, 2.45) is 23.5 Å². The predicted octanol–water partition coefficient (Wildman–Crippen LogP) is 2.99. The lowest BCUT2D eigenvalue weighted by Gasteiger charge is -2.50. The molecule has 6 rings (SSSR count). The molecule has 0 spiro atoms. The Kier molecular flexibility index (Phi) is 6.28. The Labute approximate surface area is 235 Å². The molecule has 4 atom stereocenters. The van der Waals surface area contributed by atoms with Crippen LogP contribution in [0.2, 0.25) is 0 Å². The lowest BCUT2D eigenvalue weighted by atomic mass is 9.57. The Hall–Kier alpha value is -3.76. The number of ketones is 2. The van der Waals surface area contributed by atoms with E-state index in [0.717, 1.165) is 18.4 Å². The van der Waals surface area contributed by atoms with Crippen molar-refractivity contribution in [3.63, 3.8) is 0 Å². The Morgan fingerprint density at radius 2 is 1.85 bits per heavy atom. The van der Waals surface area contributed by atoms with E-state index < -0.39 is 63.9 Å². The summed E-state index contributed by atoms with van der Waals surface area (Å²) in [6.45, 7) is 0. The van der Waals surface area contributed by atoms with E-state index in [1.54, 1.807) is 12.1 Å². The second kappa shape index (κ2) is 9.39. The first-order valence-corrected chi connectivity index (χ1v) is 14.0. The molecule has 4 aliphatic rings. The number of likely N-dealkylation sites (N-methyl/N-ethyl adjacent to an activating group) is 1. The van der Waals surface area contributed by atoms with Gasteiger partial charge in [0, 0.05) is 27.8 Å². The lowest BCUT2D eigenvalue weighted by Crippen LogP contribution is -2.65. The Morgan fingerprint density at radius 3 is 2.46 bits per heavy atom. The SMILES string of the molecule is CN(C)[C@@H]1C(=O)C(C(N)=O)=C(O)[C@@]2(O)C(=O)C3=C(O)c4c(c(F)c5ccc(CCC6CCC6)cc5c4O)C[C@H]3C[C@@H]12. The summed E-state index contributed by atoms with van der Waals surface area (Å²) in [5.41, 5.74) is 2.16. The molecule has 9 nitrogen and oxygen atoms in total. The van der Waals surface area contributed by atoms with Gasteiger partial charge in [-0.25, -0.2) is 4.39 Å². The fourth-order valence-corrected chi connectivity index (χ4v) is 7.42. The fourth-order valence-electron chi connectivity index (χ4n) is 7.42. The van der Waals surface area contributed by atoms with E-state index in [9.17, 15) is 34.8 Å². The van der Waals surface area contributed by atoms with Crippen molar-refractivity contribution in [2.75, 3.05) is 14.1 Å². The molecule has 2 saturated carbocycles. The van der Waals surface area contributed by atoms with Crippen molar-refractivity contribution in [1.29, 1.82) is 0 Å². The third kappa shape index (κ3) is 3.76. The van der Waals surface area contributed by atoms with Gasteiger partial charge in [-0.05, 0) is 63.2 Å². The highest BCUT2D eigenvalue weighted by Crippen LogP contribution is 2.54. The lowest BCUT2D eigenvalue weighted by molar-refractivity contribution is -0.153. The molecule has 0 saturated heterocycles. The number of aromatic hydroxyl groups is 1. The summed E-state index contributed by atoms with van der Waals surface area (Å²) in [6.07, 6.45) is 5.19. The van der Waals surface area contributed by atoms with Gasteiger partial charge in [-0.1, -0.05) is 31.4 Å². The van der Waals surface area contributed by atoms with Gasteiger partial charge in [-0.15, -0.1) is 0 Å². The highest BCUT2D eigenvalue weighted by molar-refractivity contribution is 6.24. The maximum absolute atomic E-state index is 16.0. The first kappa shape index (κ1) is 27.4. The molecule has 1 amide bonds. The van der Waals surface area contributed by atoms with Gasteiger partial charge in [-0.2, -0.15) is 0 Å². The summed E-state index contributed by atoms with van der Waals surface area (Å²) in [6, 6.07) is 3.97. The van der Waals surface area contributed by atoms with Crippen LogP contribution in [0.5, 0.6) is 5.75 Å². The van der Waals surface area contributed by atoms with Crippen LogP contribution in [0.3, 0.4) is 0 Å². The number of halogens is 1. The number of fused-ring (bicyclic) bond motifs is 4. The van der Waals surface area contributed by atoms with Gasteiger partial charge in [0.2, 0.25) is 5.78 Å². The predicted molar refractivity (Wildman–Crippen MR) is 147 cm³/mol. The van der Waals surface area contributed by atoms with Crippen LogP contribution < -0.4 is 5.73 Å². The van der Waals surface area contributed by atoms with Gasteiger partial charge in [0.05, 0.1) is 11.6 Å². The summed E-state index contributed by atoms with van der Waals surface area (Å²) in [7, 11) is 3.05. The summed E-state index contributed by atoms with van der Waals surface area (Å²) in [5.74, 6) is -7.48. The number of phenols is 1. The number of nitrogens with zero attached hydrogens (tertiary/aromatic N) is 1. The van der Waals surface area contributed by atoms with Crippen LogP contribution in [0.1, 0.15) is 48.8 Å². The van der Waals surface area contributed by atoms with Crippen molar-refractivity contribution >= 4 is 34.0 Å². The summed E-state index contributed by atoms with van der Waals surface area (Å²) in [5, 5.41) is 45.8. The molecule has 0 aliphatic heterocycles. The van der Waals surface area contributed by atoms with E-state index in [-0.39, 0.29) is 46.1 Å². The second-order valence-corrected chi connectivity index (χ2v) is 12.2. The molecule has 10 heteroatoms. The van der Waals surface area contributed by atoms with E-state index in [0.29, 0.717) is 5.92 Å². The molecular weight excluding hydrogens is 531 g/mol. The van der Waals surface area contributed by atoms with Crippen LogP contribution in [0.4, 0.5) is 4.39 Å². The molecule has 216 valence electrons. The standard InChI is InChI=1S/C31H33FN2O7/c1-34(2)24-19-12-15-11-18-21(26(36)20(15)28(38)31(19,41)29(39)22(27(24)37)30(33)40)25(35)17-10-14(7-6-13-4-3-5-13)8-9-16(17)23(18)32/h8-10,13,15,19,24,35-36,39,41H,3-7,11-12H2,1-2H3,(H2,33,40)/t15-,19-,24-,31-/m0/s1. The van der Waals surface area contributed by atoms with Crippen LogP contribution in [-0.2, 0) is 27.2 Å². The van der Waals surface area contributed by atoms with Crippen molar-refractivity contribution < 1.29 is 39.2 Å². The van der Waals surface area contributed by atoms with Crippen molar-refractivity contribution in [1.82, 2.24) is 4.90 Å². The van der Waals surface area contributed by atoms with E-state index in [1.165, 1.54) is 38.3 Å². The smallest absolute Gasteiger partial charge is 0.255 e. The maximum Gasteiger partial charge on any atom is 0.255 e. The molecule has 41 heavy (non-hydrogen) atoms. The summed E-state index contributed by atoms with van der Waals surface area (Å²) < 4.78 is 16.0. The minimum atomic E-state index is -2.73. The third-order valence-electron chi connectivity index (χ3n) is 9.76. The number of phenolic OH excluding ortho intramolecular Hbond substituents is 1. The molecule has 2 fully saturated rings. The van der Waals surface area contributed by atoms with E-state index in [2.05, 4.69) is 0 Å². The Balaban J connectivity index is 1.50. The Bertz CT molecular complexity index is 1610. The zero-order valence-corrected chi connectivity index (χ0v) is 22.9. The average Bonchev–Trinajstić information content (AvgIpc) is 2.88. The minimum Gasteiger partial charge on any atom is -0.508 e. The summed E-state index contributed by atoms with van der Waals surface area (Å²) >= 11 is 0. The molecule has 0 heterocycles. The highest BCUT2D eigenvalue weighted by Gasteiger charge is 2.64. The fraction of sp³-hybridized carbons (Fsp3) is 0.452. The number of carbonyl (C=O) groups excluding carboxylic acids is 3. The van der Waals surface area contributed by atoms with Crippen LogP contribution in [0, 0.1) is 23.6 Å². The van der Waals surface area contributed by atoms with Gasteiger partial charge in [-0.3, -0.25) is 19.3 Å². The number of carbonyl (C=O) groups is 3. The maximum atomic E-state index is 16.0. The number of amides is 1. The topological polar surface area (TPSA) is 161 Å². The molecule has 0 bridgehead atoms. The van der Waals surface area contributed by atoms with Gasteiger partial charge in [0.1, 0.15) is 28.7 Å². The van der Waals surface area contributed by atoms with E-state index >= 15 is 4.39 Å². The molecule has 2 aromatic rings. The van der Waals surface area contributed by atoms with Gasteiger partial charge < -0.3 is 26.2 Å². The van der Waals surface area contributed by atoms with Crippen LogP contribution in [0.25, 0.3) is 16.5 Å². The average molecular weight is 565 g/mol. The number of benzene rings is 2. The molecule has 4 aliphatic carbocycles. The molecule has 0 aromatic heterocycles. The number of rotatable bonds is 5. The zero-order valence-electron chi connectivity index (χ0n) is 22.9. The molecule has 6 N–H and O–H groups in total. The number of aryl methyl sites for hydroxylation is 1. The number of aliphatic hydroxyl groups is 3. The molecular formula is C31H33FN2O7. The first-order valence-electron chi connectivity index (χ1n) is 14.0. The number of nitrogens with two attached hydrogens (primary N) is 1. The number of aliphatic hydroxyl groups excluding tert-OH is 2. The number of Topliss-reactive ketones (excluding diaryl/α,β-unsaturated/α-hetero) is 2. The van der Waals surface area contributed by atoms with E-state index in [4.69, 9.17) is 5.73 Å². The van der Waals surface area contributed by atoms with Crippen LogP contribution in [-0.4, -0.2) is 68.5 Å². The van der Waals surface area contributed by atoms with Crippen molar-refractivity contribution in [3.05, 3.63) is 57.6 Å². The third-order valence-corrected chi connectivity index (χ3v) is 9.76. The largest absolute Gasteiger partial charge is 0.508 e. The minimum absolute atomic E-state index is 0.0304. The number of hydrogen-bond donors (Lipinski definition) is 5. The molecule has 0 radical (unpaired) electrons. The normalized spacial score (nSPS) is 28.1.